The Morgan fingerprint density at radius 1 is 1.43 bits per heavy atom. The molecule has 0 atom stereocenters. The summed E-state index contributed by atoms with van der Waals surface area (Å²) in [6.45, 7) is 1.84. The van der Waals surface area contributed by atoms with E-state index in [0.717, 1.165) is 11.0 Å². The van der Waals surface area contributed by atoms with Crippen molar-refractivity contribution in [3.05, 3.63) is 40.0 Å². The van der Waals surface area contributed by atoms with E-state index in [0.29, 0.717) is 13.1 Å². The minimum atomic E-state index is -0.364. The van der Waals surface area contributed by atoms with E-state index >= 15 is 0 Å². The molecule has 9 heteroatoms. The van der Waals surface area contributed by atoms with Crippen LogP contribution in [0, 0.1) is 0 Å². The SMILES string of the molecule is Nc1[nH+]onc1C(=O)NCCNCc1cccc(Br)c1.[Cl-]. The standard InChI is InChI=1S/C12H14BrN5O2.ClH/c13-9-3-1-2-8(6-9)7-15-4-5-16-12(19)10-11(14)18-20-17-10;/h1-3,6,15H,4-5,7H2,(H2,14,18)(H,16,19);1H. The Labute approximate surface area is 136 Å². The summed E-state index contributed by atoms with van der Waals surface area (Å²) in [5, 5.41) is 11.7. The summed E-state index contributed by atoms with van der Waals surface area (Å²) in [5.41, 5.74) is 6.70. The number of nitrogen functional groups attached to an aromatic ring is 1. The van der Waals surface area contributed by atoms with Crippen LogP contribution in [0.1, 0.15) is 16.1 Å². The number of nitrogens with one attached hydrogen (secondary N) is 3. The molecule has 1 aromatic heterocycles. The number of nitrogens with zero attached hydrogens (tertiary/aromatic N) is 1. The molecule has 7 nitrogen and oxygen atoms in total. The van der Waals surface area contributed by atoms with Gasteiger partial charge in [-0.2, -0.15) is 0 Å². The van der Waals surface area contributed by atoms with Crippen LogP contribution < -0.4 is 33.9 Å². The highest BCUT2D eigenvalue weighted by Gasteiger charge is 2.21. The molecule has 0 aliphatic rings. The highest BCUT2D eigenvalue weighted by Crippen LogP contribution is 2.11. The third kappa shape index (κ3) is 5.33. The number of anilines is 1. The molecule has 0 saturated heterocycles. The van der Waals surface area contributed by atoms with Gasteiger partial charge in [0.15, 0.2) is 0 Å². The lowest BCUT2D eigenvalue weighted by molar-refractivity contribution is -0.610. The van der Waals surface area contributed by atoms with Crippen LogP contribution in [-0.2, 0) is 6.54 Å². The number of amides is 1. The molecular weight excluding hydrogens is 362 g/mol. The topological polar surface area (TPSA) is 107 Å². The molecule has 0 aliphatic heterocycles. The Morgan fingerprint density at radius 3 is 2.90 bits per heavy atom. The fraction of sp³-hybridized carbons (Fsp3) is 0.250. The lowest BCUT2D eigenvalue weighted by Gasteiger charge is -2.05. The Bertz CT molecular complexity index is 593. The zero-order valence-electron chi connectivity index (χ0n) is 11.0. The van der Waals surface area contributed by atoms with Gasteiger partial charge in [0.2, 0.25) is 0 Å². The molecule has 114 valence electrons. The fourth-order valence-electron chi connectivity index (χ4n) is 1.61. The molecule has 0 aliphatic carbocycles. The van der Waals surface area contributed by atoms with Crippen molar-refractivity contribution in [2.75, 3.05) is 18.8 Å². The van der Waals surface area contributed by atoms with Gasteiger partial charge >= 0.3 is 11.5 Å². The first-order valence-corrected chi connectivity index (χ1v) is 6.82. The summed E-state index contributed by atoms with van der Waals surface area (Å²) in [6.07, 6.45) is 0. The molecule has 0 spiro atoms. The highest BCUT2D eigenvalue weighted by atomic mass is 79.9. The molecule has 2 aromatic rings. The summed E-state index contributed by atoms with van der Waals surface area (Å²) < 4.78 is 5.53. The van der Waals surface area contributed by atoms with Gasteiger partial charge in [0.25, 0.3) is 5.91 Å². The molecule has 21 heavy (non-hydrogen) atoms. The van der Waals surface area contributed by atoms with Gasteiger partial charge in [0.05, 0.1) is 0 Å². The molecule has 0 radical (unpaired) electrons. The summed E-state index contributed by atoms with van der Waals surface area (Å²) in [6, 6.07) is 8.02. The van der Waals surface area contributed by atoms with Gasteiger partial charge in [-0.15, -0.1) is 4.63 Å². The molecular formula is C12H15BrClN5O2. The van der Waals surface area contributed by atoms with E-state index in [9.17, 15) is 4.79 Å². The molecule has 0 unspecified atom stereocenters. The lowest BCUT2D eigenvalue weighted by atomic mass is 10.2. The zero-order valence-corrected chi connectivity index (χ0v) is 13.4. The van der Waals surface area contributed by atoms with Crippen LogP contribution in [0.3, 0.4) is 0 Å². The van der Waals surface area contributed by atoms with Crippen LogP contribution in [0.25, 0.3) is 0 Å². The van der Waals surface area contributed by atoms with Crippen LogP contribution >= 0.6 is 15.9 Å². The molecule has 1 heterocycles. The second kappa shape index (κ2) is 8.60. The minimum absolute atomic E-state index is 0. The Balaban J connectivity index is 0.00000220. The van der Waals surface area contributed by atoms with Gasteiger partial charge in [-0.1, -0.05) is 33.2 Å². The second-order valence-corrected chi connectivity index (χ2v) is 5.03. The van der Waals surface area contributed by atoms with E-state index in [4.69, 9.17) is 5.73 Å². The Kier molecular flexibility index (Phi) is 7.13. The van der Waals surface area contributed by atoms with E-state index in [-0.39, 0.29) is 29.8 Å². The molecule has 0 saturated carbocycles. The van der Waals surface area contributed by atoms with Crippen LogP contribution in [0.15, 0.2) is 33.4 Å². The first-order valence-electron chi connectivity index (χ1n) is 6.03. The van der Waals surface area contributed by atoms with E-state index in [1.807, 2.05) is 24.3 Å². The predicted molar refractivity (Wildman–Crippen MR) is 75.7 cm³/mol. The first-order chi connectivity index (χ1) is 9.66. The Hall–Kier alpha value is -1.64. The largest absolute Gasteiger partial charge is 1.00 e. The fourth-order valence-corrected chi connectivity index (χ4v) is 2.05. The number of aromatic nitrogens is 2. The molecule has 0 bridgehead atoms. The number of hydrogen-bond donors (Lipinski definition) is 3. The van der Waals surface area contributed by atoms with Crippen molar-refractivity contribution in [1.82, 2.24) is 15.8 Å². The molecule has 0 fully saturated rings. The third-order valence-corrected chi connectivity index (χ3v) is 3.06. The van der Waals surface area contributed by atoms with Crippen LogP contribution in [0.4, 0.5) is 5.82 Å². The van der Waals surface area contributed by atoms with Crippen molar-refractivity contribution in [1.29, 1.82) is 0 Å². The molecule has 2 rings (SSSR count). The van der Waals surface area contributed by atoms with E-state index in [2.05, 4.69) is 41.5 Å². The number of aromatic amines is 1. The number of carbonyl (C=O) groups is 1. The summed E-state index contributed by atoms with van der Waals surface area (Å²) in [4.78, 5) is 11.6. The summed E-state index contributed by atoms with van der Waals surface area (Å²) in [5.74, 6) is -0.249. The Morgan fingerprint density at radius 2 is 2.24 bits per heavy atom. The number of nitrogens with two attached hydrogens (primary N) is 1. The van der Waals surface area contributed by atoms with E-state index < -0.39 is 0 Å². The average molecular weight is 377 g/mol. The monoisotopic (exact) mass is 375 g/mol. The third-order valence-electron chi connectivity index (χ3n) is 2.57. The molecule has 5 N–H and O–H groups in total. The van der Waals surface area contributed by atoms with Gasteiger partial charge in [-0.05, 0) is 17.7 Å². The molecule has 1 amide bonds. The lowest BCUT2D eigenvalue weighted by Crippen LogP contribution is -3.00. The molecule has 1 aromatic carbocycles. The average Bonchev–Trinajstić information content (AvgIpc) is 2.84. The summed E-state index contributed by atoms with van der Waals surface area (Å²) >= 11 is 3.42. The maximum atomic E-state index is 11.6. The number of carbonyl (C=O) groups excluding carboxylic acids is 1. The number of H-pyrrole nitrogens is 1. The van der Waals surface area contributed by atoms with Crippen molar-refractivity contribution in [3.63, 3.8) is 0 Å². The van der Waals surface area contributed by atoms with E-state index in [1.165, 1.54) is 5.56 Å². The number of hydrogen-bond acceptors (Lipinski definition) is 5. The van der Waals surface area contributed by atoms with Crippen molar-refractivity contribution in [2.24, 2.45) is 0 Å². The predicted octanol–water partition coefficient (Wildman–Crippen LogP) is -2.64. The minimum Gasteiger partial charge on any atom is -1.00 e. The normalized spacial score (nSPS) is 9.95. The number of halogens is 2. The van der Waals surface area contributed by atoms with Crippen LogP contribution in [0.2, 0.25) is 0 Å². The van der Waals surface area contributed by atoms with Gasteiger partial charge < -0.3 is 28.8 Å². The zero-order chi connectivity index (χ0) is 14.4. The van der Waals surface area contributed by atoms with Gasteiger partial charge in [0.1, 0.15) is 5.16 Å². The highest BCUT2D eigenvalue weighted by molar-refractivity contribution is 9.10. The van der Waals surface area contributed by atoms with Crippen molar-refractivity contribution < 1.29 is 27.0 Å². The van der Waals surface area contributed by atoms with Crippen LogP contribution in [-0.4, -0.2) is 24.2 Å². The van der Waals surface area contributed by atoms with Crippen LogP contribution in [0.5, 0.6) is 0 Å². The van der Waals surface area contributed by atoms with Crippen molar-refractivity contribution >= 4 is 27.7 Å². The summed E-state index contributed by atoms with van der Waals surface area (Å²) in [7, 11) is 0. The van der Waals surface area contributed by atoms with E-state index in [1.54, 1.807) is 0 Å². The van der Waals surface area contributed by atoms with Gasteiger partial charge in [-0.3, -0.25) is 4.79 Å². The first kappa shape index (κ1) is 17.4. The van der Waals surface area contributed by atoms with Gasteiger partial charge in [-0.25, -0.2) is 0 Å². The van der Waals surface area contributed by atoms with Gasteiger partial charge in [0, 0.05) is 24.1 Å². The maximum absolute atomic E-state index is 11.6. The maximum Gasteiger partial charge on any atom is 0.322 e. The van der Waals surface area contributed by atoms with Crippen molar-refractivity contribution in [3.8, 4) is 0 Å². The van der Waals surface area contributed by atoms with Crippen molar-refractivity contribution in [2.45, 2.75) is 6.54 Å². The quantitative estimate of drug-likeness (QED) is 0.478. The number of rotatable bonds is 6. The second-order valence-electron chi connectivity index (χ2n) is 4.11. The smallest absolute Gasteiger partial charge is 0.322 e. The number of benzene rings is 1.